The second-order valence-corrected chi connectivity index (χ2v) is 5.99. The van der Waals surface area contributed by atoms with E-state index in [1.807, 2.05) is 38.1 Å². The summed E-state index contributed by atoms with van der Waals surface area (Å²) in [6.07, 6.45) is 1.14. The number of para-hydroxylation sites is 1. The number of benzene rings is 1. The summed E-state index contributed by atoms with van der Waals surface area (Å²) in [4.78, 5) is 25.1. The van der Waals surface area contributed by atoms with Gasteiger partial charge in [0, 0.05) is 5.69 Å². The molecule has 3 rings (SSSR count). The molecule has 1 spiro atoms. The number of nitrogens with one attached hydrogen (secondary N) is 1. The SMILES string of the molecule is COC(=O)[C@@H]1CC(C)=C(C)CC12C(=O)Nc1ccccc12. The van der Waals surface area contributed by atoms with Gasteiger partial charge in [-0.25, -0.2) is 0 Å². The molecule has 4 nitrogen and oxygen atoms in total. The Bertz CT molecular complexity index is 662. The van der Waals surface area contributed by atoms with Gasteiger partial charge in [0.05, 0.1) is 18.4 Å². The number of carbonyl (C=O) groups excluding carboxylic acids is 2. The lowest BCUT2D eigenvalue weighted by molar-refractivity contribution is -0.151. The highest BCUT2D eigenvalue weighted by atomic mass is 16.5. The first kappa shape index (κ1) is 13.9. The van der Waals surface area contributed by atoms with Gasteiger partial charge in [-0.2, -0.15) is 0 Å². The molecule has 1 aliphatic heterocycles. The highest BCUT2D eigenvalue weighted by molar-refractivity contribution is 6.09. The van der Waals surface area contributed by atoms with Gasteiger partial charge in [-0.05, 0) is 38.3 Å². The van der Waals surface area contributed by atoms with Gasteiger partial charge in [0.1, 0.15) is 0 Å². The zero-order valence-corrected chi connectivity index (χ0v) is 12.5. The highest BCUT2D eigenvalue weighted by Crippen LogP contribution is 2.52. The molecule has 0 saturated heterocycles. The van der Waals surface area contributed by atoms with Gasteiger partial charge >= 0.3 is 5.97 Å². The van der Waals surface area contributed by atoms with Gasteiger partial charge in [0.15, 0.2) is 0 Å². The maximum atomic E-state index is 12.7. The molecular weight excluding hydrogens is 266 g/mol. The van der Waals surface area contributed by atoms with Gasteiger partial charge < -0.3 is 10.1 Å². The molecule has 1 amide bonds. The molecule has 1 unspecified atom stereocenters. The quantitative estimate of drug-likeness (QED) is 0.637. The second-order valence-electron chi connectivity index (χ2n) is 5.99. The van der Waals surface area contributed by atoms with Crippen LogP contribution in [0.25, 0.3) is 0 Å². The van der Waals surface area contributed by atoms with Crippen LogP contribution in [0.1, 0.15) is 32.3 Å². The predicted octanol–water partition coefficient (Wildman–Crippen LogP) is 2.80. The van der Waals surface area contributed by atoms with Crippen LogP contribution >= 0.6 is 0 Å². The highest BCUT2D eigenvalue weighted by Gasteiger charge is 2.56. The van der Waals surface area contributed by atoms with E-state index in [1.54, 1.807) is 0 Å². The Morgan fingerprint density at radius 3 is 2.71 bits per heavy atom. The summed E-state index contributed by atoms with van der Waals surface area (Å²) >= 11 is 0. The number of anilines is 1. The van der Waals surface area contributed by atoms with Crippen LogP contribution in [0.5, 0.6) is 0 Å². The Morgan fingerprint density at radius 1 is 1.29 bits per heavy atom. The molecule has 2 atom stereocenters. The minimum Gasteiger partial charge on any atom is -0.469 e. The number of fused-ring (bicyclic) bond motifs is 2. The number of allylic oxidation sites excluding steroid dienone is 2. The van der Waals surface area contributed by atoms with Crippen LogP contribution in [0.3, 0.4) is 0 Å². The van der Waals surface area contributed by atoms with E-state index in [4.69, 9.17) is 4.74 Å². The standard InChI is InChI=1S/C17H19NO3/c1-10-8-13(15(19)21-3)17(9-11(10)2)12-6-4-5-7-14(12)18-16(17)20/h4-7,13H,8-9H2,1-3H3,(H,18,20)/t13-,17?/m0/s1. The molecule has 21 heavy (non-hydrogen) atoms. The molecular formula is C17H19NO3. The minimum absolute atomic E-state index is 0.0917. The second kappa shape index (κ2) is 4.72. The van der Waals surface area contributed by atoms with Crippen molar-refractivity contribution in [3.05, 3.63) is 41.0 Å². The topological polar surface area (TPSA) is 55.4 Å². The Labute approximate surface area is 124 Å². The maximum absolute atomic E-state index is 12.7. The van der Waals surface area contributed by atoms with Crippen molar-refractivity contribution in [2.45, 2.75) is 32.1 Å². The number of carbonyl (C=O) groups is 2. The molecule has 1 N–H and O–H groups in total. The van der Waals surface area contributed by atoms with E-state index in [9.17, 15) is 9.59 Å². The van der Waals surface area contributed by atoms with Crippen LogP contribution in [0, 0.1) is 5.92 Å². The lowest BCUT2D eigenvalue weighted by Gasteiger charge is -2.39. The normalized spacial score (nSPS) is 27.6. The molecule has 1 heterocycles. The van der Waals surface area contributed by atoms with Crippen LogP contribution in [-0.2, 0) is 19.7 Å². The van der Waals surface area contributed by atoms with Gasteiger partial charge in [0.2, 0.25) is 5.91 Å². The molecule has 110 valence electrons. The minimum atomic E-state index is -0.826. The number of hydrogen-bond acceptors (Lipinski definition) is 3. The number of esters is 1. The first-order valence-corrected chi connectivity index (χ1v) is 7.14. The number of rotatable bonds is 1. The fourth-order valence-corrected chi connectivity index (χ4v) is 3.63. The zero-order valence-electron chi connectivity index (χ0n) is 12.5. The van der Waals surface area contributed by atoms with Crippen LogP contribution in [-0.4, -0.2) is 19.0 Å². The van der Waals surface area contributed by atoms with Crippen LogP contribution < -0.4 is 5.32 Å². The molecule has 1 aliphatic carbocycles. The van der Waals surface area contributed by atoms with E-state index in [0.29, 0.717) is 12.8 Å². The summed E-state index contributed by atoms with van der Waals surface area (Å²) < 4.78 is 4.98. The van der Waals surface area contributed by atoms with E-state index in [0.717, 1.165) is 11.3 Å². The van der Waals surface area contributed by atoms with Crippen LogP contribution in [0.2, 0.25) is 0 Å². The largest absolute Gasteiger partial charge is 0.469 e. The lowest BCUT2D eigenvalue weighted by Crippen LogP contribution is -2.48. The third-order valence-electron chi connectivity index (χ3n) is 4.92. The van der Waals surface area contributed by atoms with Gasteiger partial charge in [-0.1, -0.05) is 29.3 Å². The number of ether oxygens (including phenoxy) is 1. The average Bonchev–Trinajstić information content (AvgIpc) is 2.75. The fourth-order valence-electron chi connectivity index (χ4n) is 3.63. The molecule has 0 aromatic heterocycles. The van der Waals surface area contributed by atoms with Gasteiger partial charge in [0.25, 0.3) is 0 Å². The zero-order chi connectivity index (χ0) is 15.2. The molecule has 0 bridgehead atoms. The van der Waals surface area contributed by atoms with E-state index in [1.165, 1.54) is 18.3 Å². The Kier molecular flexibility index (Phi) is 3.12. The molecule has 1 aromatic rings. The molecule has 4 heteroatoms. The summed E-state index contributed by atoms with van der Waals surface area (Å²) in [7, 11) is 1.38. The molecule has 0 saturated carbocycles. The molecule has 2 aliphatic rings. The van der Waals surface area contributed by atoms with Gasteiger partial charge in [-0.3, -0.25) is 9.59 Å². The average molecular weight is 285 g/mol. The summed E-state index contributed by atoms with van der Waals surface area (Å²) in [6.45, 7) is 4.07. The van der Waals surface area contributed by atoms with Crippen molar-refractivity contribution in [1.29, 1.82) is 0 Å². The Morgan fingerprint density at radius 2 is 2.00 bits per heavy atom. The first-order chi connectivity index (χ1) is 10.0. The van der Waals surface area contributed by atoms with E-state index in [2.05, 4.69) is 5.32 Å². The van der Waals surface area contributed by atoms with Crippen molar-refractivity contribution < 1.29 is 14.3 Å². The fraction of sp³-hybridized carbons (Fsp3) is 0.412. The third-order valence-corrected chi connectivity index (χ3v) is 4.92. The third kappa shape index (κ3) is 1.82. The van der Waals surface area contributed by atoms with Crippen molar-refractivity contribution in [1.82, 2.24) is 0 Å². The first-order valence-electron chi connectivity index (χ1n) is 7.14. The molecule has 1 aromatic carbocycles. The smallest absolute Gasteiger partial charge is 0.310 e. The number of methoxy groups -OCH3 is 1. The van der Waals surface area contributed by atoms with Crippen LogP contribution in [0.15, 0.2) is 35.4 Å². The monoisotopic (exact) mass is 285 g/mol. The Balaban J connectivity index is 2.21. The summed E-state index contributed by atoms with van der Waals surface area (Å²) in [5.74, 6) is -0.866. The van der Waals surface area contributed by atoms with Crippen molar-refractivity contribution in [2.75, 3.05) is 12.4 Å². The summed E-state index contributed by atoms with van der Waals surface area (Å²) in [6, 6.07) is 7.63. The number of hydrogen-bond donors (Lipinski definition) is 1. The maximum Gasteiger partial charge on any atom is 0.310 e. The predicted molar refractivity (Wildman–Crippen MR) is 79.9 cm³/mol. The van der Waals surface area contributed by atoms with Crippen molar-refractivity contribution in [3.63, 3.8) is 0 Å². The lowest BCUT2D eigenvalue weighted by atomic mass is 9.62. The number of amides is 1. The van der Waals surface area contributed by atoms with E-state index in [-0.39, 0.29) is 11.9 Å². The summed E-state index contributed by atoms with van der Waals surface area (Å²) in [5, 5.41) is 2.93. The Hall–Kier alpha value is -2.10. The van der Waals surface area contributed by atoms with Gasteiger partial charge in [-0.15, -0.1) is 0 Å². The van der Waals surface area contributed by atoms with E-state index >= 15 is 0 Å². The van der Waals surface area contributed by atoms with Crippen molar-refractivity contribution >= 4 is 17.6 Å². The van der Waals surface area contributed by atoms with Crippen molar-refractivity contribution in [3.8, 4) is 0 Å². The molecule has 0 fully saturated rings. The van der Waals surface area contributed by atoms with E-state index < -0.39 is 11.3 Å². The summed E-state index contributed by atoms with van der Waals surface area (Å²) in [5.41, 5.74) is 3.25. The van der Waals surface area contributed by atoms with Crippen molar-refractivity contribution in [2.24, 2.45) is 5.92 Å². The van der Waals surface area contributed by atoms with Crippen LogP contribution in [0.4, 0.5) is 5.69 Å². The molecule has 0 radical (unpaired) electrons.